The van der Waals surface area contributed by atoms with Gasteiger partial charge in [-0.05, 0) is 18.2 Å². The highest BCUT2D eigenvalue weighted by Gasteiger charge is 1.88. The van der Waals surface area contributed by atoms with Crippen LogP contribution in [0, 0.1) is 0 Å². The fourth-order valence-corrected chi connectivity index (χ4v) is 1.85. The van der Waals surface area contributed by atoms with E-state index in [1.165, 1.54) is 0 Å². The van der Waals surface area contributed by atoms with Gasteiger partial charge >= 0.3 is 0 Å². The van der Waals surface area contributed by atoms with Gasteiger partial charge in [-0.25, -0.2) is 9.97 Å². The lowest BCUT2D eigenvalue weighted by Crippen LogP contribution is -1.79. The Labute approximate surface area is 116 Å². The summed E-state index contributed by atoms with van der Waals surface area (Å²) in [5.41, 5.74) is 1.95. The van der Waals surface area contributed by atoms with E-state index in [1.807, 2.05) is 60.8 Å². The zero-order valence-corrected chi connectivity index (χ0v) is 10.7. The average molecular weight is 260 g/mol. The third kappa shape index (κ3) is 2.75. The van der Waals surface area contributed by atoms with Gasteiger partial charge in [-0.1, -0.05) is 36.4 Å². The summed E-state index contributed by atoms with van der Waals surface area (Å²) in [5, 5.41) is 9.92. The Balaban J connectivity index is 0.000000121. The summed E-state index contributed by atoms with van der Waals surface area (Å²) >= 11 is 0. The Morgan fingerprint density at radius 1 is 0.700 bits per heavy atom. The van der Waals surface area contributed by atoms with E-state index in [4.69, 9.17) is 0 Å². The van der Waals surface area contributed by atoms with E-state index in [0.29, 0.717) is 0 Å². The first-order chi connectivity index (χ1) is 9.93. The maximum absolute atomic E-state index is 4.07. The Kier molecular flexibility index (Phi) is 3.55. The fraction of sp³-hybridized carbons (Fsp3) is 0. The van der Waals surface area contributed by atoms with E-state index in [0.717, 1.165) is 21.8 Å². The van der Waals surface area contributed by atoms with E-state index < -0.39 is 0 Å². The topological polar surface area (TPSA) is 51.6 Å². The van der Waals surface area contributed by atoms with Crippen molar-refractivity contribution in [3.63, 3.8) is 0 Å². The summed E-state index contributed by atoms with van der Waals surface area (Å²) in [6.45, 7) is 0. The first-order valence-corrected chi connectivity index (χ1v) is 6.25. The van der Waals surface area contributed by atoms with Crippen molar-refractivity contribution in [2.75, 3.05) is 0 Å². The Hall–Kier alpha value is -2.88. The van der Waals surface area contributed by atoms with Crippen molar-refractivity contribution in [2.45, 2.75) is 0 Å². The third-order valence-electron chi connectivity index (χ3n) is 2.84. The van der Waals surface area contributed by atoms with Gasteiger partial charge in [-0.3, -0.25) is 0 Å². The summed E-state index contributed by atoms with van der Waals surface area (Å²) in [4.78, 5) is 7.97. The number of rotatable bonds is 0. The number of para-hydroxylation sites is 1. The monoisotopic (exact) mass is 260 g/mol. The number of nitrogens with zero attached hydrogens (tertiary/aromatic N) is 4. The zero-order chi connectivity index (χ0) is 13.6. The van der Waals surface area contributed by atoms with Gasteiger partial charge in [0.25, 0.3) is 0 Å². The molecular formula is C16H12N4. The molecule has 0 N–H and O–H groups in total. The van der Waals surface area contributed by atoms with E-state index in [2.05, 4.69) is 20.2 Å². The number of fused-ring (bicyclic) bond motifs is 2. The molecule has 0 aliphatic carbocycles. The zero-order valence-electron chi connectivity index (χ0n) is 10.7. The van der Waals surface area contributed by atoms with Crippen LogP contribution in [0.25, 0.3) is 21.8 Å². The molecule has 96 valence electrons. The minimum atomic E-state index is 0.949. The van der Waals surface area contributed by atoms with E-state index in [-0.39, 0.29) is 0 Å². The van der Waals surface area contributed by atoms with Crippen molar-refractivity contribution in [1.29, 1.82) is 0 Å². The van der Waals surface area contributed by atoms with Crippen molar-refractivity contribution >= 4 is 21.8 Å². The molecule has 0 aliphatic rings. The van der Waals surface area contributed by atoms with Crippen LogP contribution in [-0.4, -0.2) is 20.2 Å². The molecule has 4 nitrogen and oxygen atoms in total. The summed E-state index contributed by atoms with van der Waals surface area (Å²) in [5.74, 6) is 0. The van der Waals surface area contributed by atoms with Crippen LogP contribution < -0.4 is 0 Å². The van der Waals surface area contributed by atoms with Crippen LogP contribution in [0.1, 0.15) is 0 Å². The Morgan fingerprint density at radius 2 is 1.45 bits per heavy atom. The molecule has 4 aromatic rings. The molecule has 0 saturated carbocycles. The van der Waals surface area contributed by atoms with Gasteiger partial charge in [-0.15, -0.1) is 0 Å². The molecule has 0 amide bonds. The van der Waals surface area contributed by atoms with E-state index in [1.54, 1.807) is 12.5 Å². The molecule has 20 heavy (non-hydrogen) atoms. The minimum Gasteiger partial charge on any atom is -0.244 e. The highest BCUT2D eigenvalue weighted by atomic mass is 15.1. The maximum Gasteiger partial charge on any atom is 0.116 e. The molecule has 4 rings (SSSR count). The largest absolute Gasteiger partial charge is 0.244 e. The molecule has 0 saturated heterocycles. The number of hydrogen-bond donors (Lipinski definition) is 0. The molecule has 2 heterocycles. The minimum absolute atomic E-state index is 0.949. The van der Waals surface area contributed by atoms with Crippen LogP contribution in [0.15, 0.2) is 73.3 Å². The number of benzene rings is 2. The van der Waals surface area contributed by atoms with Crippen molar-refractivity contribution in [2.24, 2.45) is 0 Å². The van der Waals surface area contributed by atoms with Crippen LogP contribution >= 0.6 is 0 Å². The fourth-order valence-electron chi connectivity index (χ4n) is 1.85. The van der Waals surface area contributed by atoms with Crippen LogP contribution in [0.3, 0.4) is 0 Å². The highest BCUT2D eigenvalue weighted by molar-refractivity contribution is 5.77. The van der Waals surface area contributed by atoms with Gasteiger partial charge in [-0.2, -0.15) is 10.2 Å². The highest BCUT2D eigenvalue weighted by Crippen LogP contribution is 2.07. The first-order valence-electron chi connectivity index (χ1n) is 6.25. The van der Waals surface area contributed by atoms with Crippen molar-refractivity contribution in [3.05, 3.63) is 73.3 Å². The summed E-state index contributed by atoms with van der Waals surface area (Å²) in [6.07, 6.45) is 5.06. The SMILES string of the molecule is c1ccc2ncncc2c1.c1ccc2nnccc2c1. The second-order valence-corrected chi connectivity index (χ2v) is 4.17. The van der Waals surface area contributed by atoms with Crippen LogP contribution in [0.5, 0.6) is 0 Å². The van der Waals surface area contributed by atoms with Gasteiger partial charge in [0.05, 0.1) is 17.2 Å². The molecule has 4 heteroatoms. The maximum atomic E-state index is 4.07. The molecule has 2 aromatic heterocycles. The second kappa shape index (κ2) is 5.84. The first kappa shape index (κ1) is 12.2. The molecule has 2 aromatic carbocycles. The van der Waals surface area contributed by atoms with Crippen molar-refractivity contribution in [1.82, 2.24) is 20.2 Å². The lowest BCUT2D eigenvalue weighted by atomic mass is 10.2. The van der Waals surface area contributed by atoms with Crippen LogP contribution in [-0.2, 0) is 0 Å². The quantitative estimate of drug-likeness (QED) is 0.487. The van der Waals surface area contributed by atoms with E-state index >= 15 is 0 Å². The lowest BCUT2D eigenvalue weighted by Gasteiger charge is -1.90. The molecule has 0 aliphatic heterocycles. The molecule has 0 unspecified atom stereocenters. The van der Waals surface area contributed by atoms with Crippen molar-refractivity contribution < 1.29 is 0 Å². The number of hydrogen-bond acceptors (Lipinski definition) is 4. The summed E-state index contributed by atoms with van der Waals surface area (Å²) in [7, 11) is 0. The third-order valence-corrected chi connectivity index (χ3v) is 2.84. The summed E-state index contributed by atoms with van der Waals surface area (Å²) in [6, 6.07) is 17.8. The van der Waals surface area contributed by atoms with Gasteiger partial charge in [0.15, 0.2) is 0 Å². The molecule has 0 atom stereocenters. The standard InChI is InChI=1S/2C8H6N2/c1-2-4-8-7(3-1)5-9-6-10-8;1-2-4-8-7(3-1)5-6-9-10-8/h2*1-6H. The van der Waals surface area contributed by atoms with Crippen LogP contribution in [0.4, 0.5) is 0 Å². The summed E-state index contributed by atoms with van der Waals surface area (Å²) < 4.78 is 0. The van der Waals surface area contributed by atoms with Crippen molar-refractivity contribution in [3.8, 4) is 0 Å². The molecule has 0 fully saturated rings. The predicted octanol–water partition coefficient (Wildman–Crippen LogP) is 3.26. The normalized spacial score (nSPS) is 10.0. The Morgan fingerprint density at radius 3 is 2.25 bits per heavy atom. The van der Waals surface area contributed by atoms with E-state index in [9.17, 15) is 0 Å². The second-order valence-electron chi connectivity index (χ2n) is 4.17. The average Bonchev–Trinajstić information content (AvgIpc) is 2.56. The smallest absolute Gasteiger partial charge is 0.116 e. The molecule has 0 radical (unpaired) electrons. The predicted molar refractivity (Wildman–Crippen MR) is 79.1 cm³/mol. The lowest BCUT2D eigenvalue weighted by molar-refractivity contribution is 1.08. The number of aromatic nitrogens is 4. The molecule has 0 spiro atoms. The molecule has 0 bridgehead atoms. The van der Waals surface area contributed by atoms with Gasteiger partial charge in [0.2, 0.25) is 0 Å². The van der Waals surface area contributed by atoms with Gasteiger partial charge in [0.1, 0.15) is 6.33 Å². The molecular weight excluding hydrogens is 248 g/mol. The van der Waals surface area contributed by atoms with Crippen LogP contribution in [0.2, 0.25) is 0 Å². The Bertz CT molecular complexity index is 628. The van der Waals surface area contributed by atoms with Gasteiger partial charge in [0, 0.05) is 17.0 Å². The van der Waals surface area contributed by atoms with Gasteiger partial charge < -0.3 is 0 Å².